The molecule has 2 rings (SSSR count). The molecular weight excluding hydrogens is 256 g/mol. The Morgan fingerprint density at radius 1 is 1.39 bits per heavy atom. The van der Waals surface area contributed by atoms with Gasteiger partial charge in [-0.25, -0.2) is 12.7 Å². The Bertz CT molecular complexity index is 583. The summed E-state index contributed by atoms with van der Waals surface area (Å²) in [6.45, 7) is 2.48. The third-order valence-corrected chi connectivity index (χ3v) is 4.51. The maximum atomic E-state index is 12.1. The molecule has 1 amide bonds. The number of nitrogen functional groups attached to an aromatic ring is 1. The van der Waals surface area contributed by atoms with Gasteiger partial charge >= 0.3 is 0 Å². The second kappa shape index (κ2) is 4.58. The van der Waals surface area contributed by atoms with Gasteiger partial charge in [0.2, 0.25) is 0 Å². The molecule has 7 heteroatoms. The predicted molar refractivity (Wildman–Crippen MR) is 65.6 cm³/mol. The first-order valence-corrected chi connectivity index (χ1v) is 6.97. The minimum atomic E-state index is -3.74. The van der Waals surface area contributed by atoms with Crippen molar-refractivity contribution < 1.29 is 17.9 Å². The summed E-state index contributed by atoms with van der Waals surface area (Å²) in [5.41, 5.74) is 6.05. The number of amides is 1. The van der Waals surface area contributed by atoms with Crippen molar-refractivity contribution in [1.82, 2.24) is 4.31 Å². The number of ether oxygens (including phenoxy) is 1. The van der Waals surface area contributed by atoms with E-state index in [0.29, 0.717) is 12.3 Å². The van der Waals surface area contributed by atoms with Crippen molar-refractivity contribution >= 4 is 21.6 Å². The second-order valence-electron chi connectivity index (χ2n) is 3.83. The molecule has 0 atom stereocenters. The number of carbonyl (C=O) groups is 1. The molecule has 1 aliphatic heterocycles. The van der Waals surface area contributed by atoms with Crippen molar-refractivity contribution in [3.8, 4) is 0 Å². The lowest BCUT2D eigenvalue weighted by atomic mass is 10.2. The van der Waals surface area contributed by atoms with Crippen LogP contribution in [-0.2, 0) is 14.8 Å². The van der Waals surface area contributed by atoms with Gasteiger partial charge in [0.05, 0.1) is 18.7 Å². The van der Waals surface area contributed by atoms with Gasteiger partial charge in [-0.3, -0.25) is 4.79 Å². The number of fused-ring (bicyclic) bond motifs is 1. The van der Waals surface area contributed by atoms with E-state index >= 15 is 0 Å². The summed E-state index contributed by atoms with van der Waals surface area (Å²) in [6, 6.07) is 4.21. The van der Waals surface area contributed by atoms with Gasteiger partial charge in [-0.2, -0.15) is 0 Å². The van der Waals surface area contributed by atoms with Crippen LogP contribution in [-0.4, -0.2) is 38.4 Å². The number of hydrogen-bond acceptors (Lipinski definition) is 5. The molecule has 1 aliphatic rings. The molecule has 0 radical (unpaired) electrons. The van der Waals surface area contributed by atoms with E-state index in [9.17, 15) is 13.2 Å². The zero-order chi connectivity index (χ0) is 13.3. The van der Waals surface area contributed by atoms with Gasteiger partial charge in [-0.1, -0.05) is 0 Å². The molecular formula is C11H14N2O4S. The smallest absolute Gasteiger partial charge is 0.269 e. The number of nitrogens with two attached hydrogens (primary N) is 1. The van der Waals surface area contributed by atoms with E-state index in [4.69, 9.17) is 10.5 Å². The Hall–Kier alpha value is -1.60. The highest BCUT2D eigenvalue weighted by Crippen LogP contribution is 2.31. The lowest BCUT2D eigenvalue weighted by molar-refractivity contribution is 0.0810. The van der Waals surface area contributed by atoms with Gasteiger partial charge in [0.15, 0.2) is 0 Å². The van der Waals surface area contributed by atoms with Crippen molar-refractivity contribution in [3.63, 3.8) is 0 Å². The largest absolute Gasteiger partial charge is 0.399 e. The van der Waals surface area contributed by atoms with E-state index < -0.39 is 15.9 Å². The molecule has 0 fully saturated rings. The number of nitrogens with zero attached hydrogens (tertiary/aromatic N) is 1. The average molecular weight is 270 g/mol. The van der Waals surface area contributed by atoms with Crippen LogP contribution in [0, 0.1) is 0 Å². The highest BCUT2D eigenvalue weighted by Gasteiger charge is 2.40. The van der Waals surface area contributed by atoms with Crippen LogP contribution in [0.4, 0.5) is 5.69 Å². The average Bonchev–Trinajstić information content (AvgIpc) is 2.50. The van der Waals surface area contributed by atoms with Crippen LogP contribution in [0.2, 0.25) is 0 Å². The Morgan fingerprint density at radius 3 is 2.78 bits per heavy atom. The van der Waals surface area contributed by atoms with Crippen LogP contribution >= 0.6 is 0 Å². The highest BCUT2D eigenvalue weighted by molar-refractivity contribution is 7.90. The minimum Gasteiger partial charge on any atom is -0.399 e. The first-order valence-electron chi connectivity index (χ1n) is 5.53. The third kappa shape index (κ3) is 1.95. The molecule has 1 heterocycles. The van der Waals surface area contributed by atoms with Gasteiger partial charge in [0.25, 0.3) is 15.9 Å². The van der Waals surface area contributed by atoms with E-state index in [1.807, 2.05) is 0 Å². The van der Waals surface area contributed by atoms with Crippen molar-refractivity contribution in [2.45, 2.75) is 11.8 Å². The Balaban J connectivity index is 2.35. The molecule has 1 aromatic rings. The van der Waals surface area contributed by atoms with E-state index in [0.717, 1.165) is 4.31 Å². The maximum absolute atomic E-state index is 12.1. The number of sulfonamides is 1. The molecule has 0 unspecified atom stereocenters. The molecule has 0 spiro atoms. The van der Waals surface area contributed by atoms with Gasteiger partial charge in [-0.05, 0) is 25.1 Å². The standard InChI is InChI=1S/C11H14N2O4S/c1-2-17-6-5-13-11(14)9-7-8(12)3-4-10(9)18(13,15)16/h3-4,7H,2,5-6,12H2,1H3. The van der Waals surface area contributed by atoms with Gasteiger partial charge < -0.3 is 10.5 Å². The monoisotopic (exact) mass is 270 g/mol. The summed E-state index contributed by atoms with van der Waals surface area (Å²) in [4.78, 5) is 12.0. The molecule has 18 heavy (non-hydrogen) atoms. The number of rotatable bonds is 4. The normalized spacial score (nSPS) is 16.9. The molecule has 6 nitrogen and oxygen atoms in total. The molecule has 0 bridgehead atoms. The highest BCUT2D eigenvalue weighted by atomic mass is 32.2. The number of benzene rings is 1. The summed E-state index contributed by atoms with van der Waals surface area (Å²) in [6.07, 6.45) is 0. The van der Waals surface area contributed by atoms with Crippen LogP contribution in [0.25, 0.3) is 0 Å². The van der Waals surface area contributed by atoms with Crippen LogP contribution in [0.15, 0.2) is 23.1 Å². The predicted octanol–water partition coefficient (Wildman–Crippen LogP) is 0.450. The number of hydrogen-bond donors (Lipinski definition) is 1. The Morgan fingerprint density at radius 2 is 2.11 bits per heavy atom. The van der Waals surface area contributed by atoms with E-state index in [1.54, 1.807) is 6.92 Å². The zero-order valence-corrected chi connectivity index (χ0v) is 10.7. The van der Waals surface area contributed by atoms with Crippen LogP contribution in [0.1, 0.15) is 17.3 Å². The molecule has 98 valence electrons. The molecule has 1 aromatic carbocycles. The maximum Gasteiger partial charge on any atom is 0.269 e. The van der Waals surface area contributed by atoms with Crippen molar-refractivity contribution in [2.24, 2.45) is 0 Å². The minimum absolute atomic E-state index is 0.0122. The first-order chi connectivity index (χ1) is 8.48. The fraction of sp³-hybridized carbons (Fsp3) is 0.364. The molecule has 0 aromatic heterocycles. The van der Waals surface area contributed by atoms with Crippen molar-refractivity contribution in [2.75, 3.05) is 25.5 Å². The molecule has 0 saturated carbocycles. The first kappa shape index (κ1) is 12.8. The fourth-order valence-corrected chi connectivity index (χ4v) is 3.35. The summed E-state index contributed by atoms with van der Waals surface area (Å²) in [5.74, 6) is -0.544. The van der Waals surface area contributed by atoms with E-state index in [-0.39, 0.29) is 23.6 Å². The number of carbonyl (C=O) groups excluding carboxylic acids is 1. The van der Waals surface area contributed by atoms with Crippen LogP contribution in [0.3, 0.4) is 0 Å². The quantitative estimate of drug-likeness (QED) is 0.633. The van der Waals surface area contributed by atoms with Gasteiger partial charge in [0, 0.05) is 12.3 Å². The lowest BCUT2D eigenvalue weighted by Gasteiger charge is -2.14. The number of anilines is 1. The SMILES string of the molecule is CCOCCN1C(=O)c2cc(N)ccc2S1(=O)=O. The van der Waals surface area contributed by atoms with Crippen molar-refractivity contribution in [3.05, 3.63) is 23.8 Å². The third-order valence-electron chi connectivity index (χ3n) is 2.67. The van der Waals surface area contributed by atoms with E-state index in [2.05, 4.69) is 0 Å². The lowest BCUT2D eigenvalue weighted by Crippen LogP contribution is -2.33. The van der Waals surface area contributed by atoms with E-state index in [1.165, 1.54) is 18.2 Å². The van der Waals surface area contributed by atoms with Gasteiger partial charge in [-0.15, -0.1) is 0 Å². The molecule has 0 saturated heterocycles. The topological polar surface area (TPSA) is 89.7 Å². The fourth-order valence-electron chi connectivity index (χ4n) is 1.82. The second-order valence-corrected chi connectivity index (χ2v) is 5.67. The summed E-state index contributed by atoms with van der Waals surface area (Å²) in [7, 11) is -3.74. The Kier molecular flexibility index (Phi) is 3.27. The Labute approximate surface area is 105 Å². The summed E-state index contributed by atoms with van der Waals surface area (Å²) < 4.78 is 30.1. The van der Waals surface area contributed by atoms with Crippen LogP contribution in [0.5, 0.6) is 0 Å². The molecule has 2 N–H and O–H groups in total. The molecule has 0 aliphatic carbocycles. The zero-order valence-electron chi connectivity index (χ0n) is 9.92. The van der Waals surface area contributed by atoms with Crippen LogP contribution < -0.4 is 5.73 Å². The van der Waals surface area contributed by atoms with Gasteiger partial charge in [0.1, 0.15) is 4.90 Å². The summed E-state index contributed by atoms with van der Waals surface area (Å²) in [5, 5.41) is 0. The van der Waals surface area contributed by atoms with Crippen molar-refractivity contribution in [1.29, 1.82) is 0 Å². The summed E-state index contributed by atoms with van der Waals surface area (Å²) >= 11 is 0.